The third kappa shape index (κ3) is 1.60. The van der Waals surface area contributed by atoms with Crippen LogP contribution in [0, 0.1) is 0 Å². The van der Waals surface area contributed by atoms with E-state index in [1.165, 1.54) is 0 Å². The third-order valence-corrected chi connectivity index (χ3v) is 3.04. The summed E-state index contributed by atoms with van der Waals surface area (Å²) in [5.74, 6) is 0. The summed E-state index contributed by atoms with van der Waals surface area (Å²) in [4.78, 5) is 0. The van der Waals surface area contributed by atoms with E-state index in [4.69, 9.17) is 17.2 Å². The van der Waals surface area contributed by atoms with Crippen LogP contribution in [0.4, 0.5) is 22.7 Å². The highest BCUT2D eigenvalue weighted by Crippen LogP contribution is 2.35. The predicted molar refractivity (Wildman–Crippen MR) is 72.4 cm³/mol. The van der Waals surface area contributed by atoms with Gasteiger partial charge >= 0.3 is 0 Å². The lowest BCUT2D eigenvalue weighted by Crippen LogP contribution is -2.09. The number of rotatable bonds is 2. The number of fused-ring (bicyclic) bond motifs is 1. The van der Waals surface area contributed by atoms with Crippen molar-refractivity contribution in [3.63, 3.8) is 0 Å². The second kappa shape index (κ2) is 3.43. The number of anilines is 4. The minimum atomic E-state index is 0.587. The van der Waals surface area contributed by atoms with Crippen LogP contribution < -0.4 is 22.6 Å². The number of benzene rings is 2. The molecule has 88 valence electrons. The molecule has 7 N–H and O–H groups in total. The molecule has 0 spiro atoms. The Morgan fingerprint density at radius 1 is 0.882 bits per heavy atom. The fraction of sp³-hybridized carbons (Fsp3) is 0.167. The number of hydrogen-bond acceptors (Lipinski definition) is 5. The molecule has 5 heteroatoms. The fourth-order valence-electron chi connectivity index (χ4n) is 1.90. The molecule has 1 fully saturated rings. The largest absolute Gasteiger partial charge is 0.397 e. The van der Waals surface area contributed by atoms with Crippen LogP contribution in [0.15, 0.2) is 24.3 Å². The van der Waals surface area contributed by atoms with Gasteiger partial charge in [-0.15, -0.1) is 0 Å². The summed E-state index contributed by atoms with van der Waals surface area (Å²) in [6, 6.07) is 7.58. The molecule has 0 atom stereocenters. The molecule has 0 aromatic heterocycles. The maximum Gasteiger partial charge on any atom is 0.0726 e. The number of nitrogen functional groups attached to an aromatic ring is 3. The quantitative estimate of drug-likeness (QED) is 0.459. The molecule has 0 amide bonds. The Balaban J connectivity index is 2.16. The van der Waals surface area contributed by atoms with Crippen molar-refractivity contribution in [2.45, 2.75) is 0 Å². The van der Waals surface area contributed by atoms with E-state index in [1.54, 1.807) is 6.07 Å². The van der Waals surface area contributed by atoms with E-state index >= 15 is 0 Å². The average Bonchev–Trinajstić information content (AvgIpc) is 3.11. The van der Waals surface area contributed by atoms with Crippen LogP contribution in [0.3, 0.4) is 0 Å². The highest BCUT2D eigenvalue weighted by Gasteiger charge is 2.18. The molecule has 1 heterocycles. The molecule has 1 aliphatic heterocycles. The summed E-state index contributed by atoms with van der Waals surface area (Å²) in [6.07, 6.45) is 0. The van der Waals surface area contributed by atoms with Crippen molar-refractivity contribution in [2.24, 2.45) is 0 Å². The van der Waals surface area contributed by atoms with Gasteiger partial charge in [0.05, 0.1) is 22.7 Å². The number of nitrogens with zero attached hydrogens (tertiary/aromatic N) is 1. The molecule has 0 bridgehead atoms. The highest BCUT2D eigenvalue weighted by molar-refractivity contribution is 6.07. The van der Waals surface area contributed by atoms with Gasteiger partial charge in [-0.3, -0.25) is 0 Å². The van der Waals surface area contributed by atoms with Gasteiger partial charge in [0.25, 0.3) is 0 Å². The van der Waals surface area contributed by atoms with Crippen LogP contribution in [-0.2, 0) is 0 Å². The first kappa shape index (κ1) is 10.0. The first-order valence-corrected chi connectivity index (χ1v) is 5.54. The molecule has 17 heavy (non-hydrogen) atoms. The molecule has 0 aliphatic carbocycles. The average molecular weight is 229 g/mol. The Hall–Kier alpha value is -2.14. The summed E-state index contributed by atoms with van der Waals surface area (Å²) >= 11 is 0. The van der Waals surface area contributed by atoms with Gasteiger partial charge < -0.3 is 22.6 Å². The summed E-state index contributed by atoms with van der Waals surface area (Å²) < 4.78 is 0. The molecule has 2 aromatic rings. The third-order valence-electron chi connectivity index (χ3n) is 3.04. The van der Waals surface area contributed by atoms with Crippen molar-refractivity contribution in [1.82, 2.24) is 5.01 Å². The molecule has 1 saturated heterocycles. The standard InChI is InChI=1S/C12H15N5/c13-9-3-1-8-7(11(9)14)2-4-10(12(8)15)16-17-5-6-17/h1-4,16H,5-6,13-15H2. The van der Waals surface area contributed by atoms with E-state index in [0.717, 1.165) is 29.5 Å². The smallest absolute Gasteiger partial charge is 0.0726 e. The second-order valence-corrected chi connectivity index (χ2v) is 4.29. The van der Waals surface area contributed by atoms with E-state index < -0.39 is 0 Å². The second-order valence-electron chi connectivity index (χ2n) is 4.29. The highest BCUT2D eigenvalue weighted by atomic mass is 15.6. The van der Waals surface area contributed by atoms with E-state index in [1.807, 2.05) is 18.2 Å². The fourth-order valence-corrected chi connectivity index (χ4v) is 1.90. The zero-order valence-corrected chi connectivity index (χ0v) is 9.40. The van der Waals surface area contributed by atoms with Gasteiger partial charge in [-0.1, -0.05) is 6.07 Å². The zero-order chi connectivity index (χ0) is 12.0. The number of hydrogen-bond donors (Lipinski definition) is 4. The van der Waals surface area contributed by atoms with Gasteiger partial charge in [-0.2, -0.15) is 0 Å². The van der Waals surface area contributed by atoms with Gasteiger partial charge in [0, 0.05) is 23.9 Å². The van der Waals surface area contributed by atoms with Gasteiger partial charge in [0.2, 0.25) is 0 Å². The van der Waals surface area contributed by atoms with E-state index in [-0.39, 0.29) is 0 Å². The SMILES string of the molecule is Nc1ccc2c(N)c(NN3CC3)ccc2c1N. The van der Waals surface area contributed by atoms with E-state index in [0.29, 0.717) is 17.1 Å². The molecular weight excluding hydrogens is 214 g/mol. The first-order valence-electron chi connectivity index (χ1n) is 5.54. The van der Waals surface area contributed by atoms with Crippen LogP contribution in [-0.4, -0.2) is 18.1 Å². The maximum absolute atomic E-state index is 6.13. The lowest BCUT2D eigenvalue weighted by atomic mass is 10.0. The minimum Gasteiger partial charge on any atom is -0.397 e. The van der Waals surface area contributed by atoms with Crippen molar-refractivity contribution < 1.29 is 0 Å². The molecule has 0 unspecified atom stereocenters. The Kier molecular flexibility index (Phi) is 2.02. The van der Waals surface area contributed by atoms with Crippen molar-refractivity contribution in [3.05, 3.63) is 24.3 Å². The topological polar surface area (TPSA) is 93.1 Å². The number of nitrogens with two attached hydrogens (primary N) is 3. The van der Waals surface area contributed by atoms with Crippen LogP contribution in [0.2, 0.25) is 0 Å². The molecular formula is C12H15N5. The summed E-state index contributed by atoms with van der Waals surface area (Å²) in [6.45, 7) is 2.11. The normalized spacial score (nSPS) is 15.1. The Labute approximate surface area is 99.1 Å². The lowest BCUT2D eigenvalue weighted by molar-refractivity contribution is 0.681. The Bertz CT molecular complexity index is 589. The van der Waals surface area contributed by atoms with Crippen LogP contribution >= 0.6 is 0 Å². The van der Waals surface area contributed by atoms with Crippen LogP contribution in [0.25, 0.3) is 10.8 Å². The molecule has 3 rings (SSSR count). The number of hydrazine groups is 1. The summed E-state index contributed by atoms with van der Waals surface area (Å²) in [5.41, 5.74) is 23.9. The molecule has 1 aliphatic rings. The first-order chi connectivity index (χ1) is 8.16. The van der Waals surface area contributed by atoms with Crippen LogP contribution in [0.5, 0.6) is 0 Å². The molecule has 0 radical (unpaired) electrons. The molecule has 5 nitrogen and oxygen atoms in total. The predicted octanol–water partition coefficient (Wildman–Crippen LogP) is 1.23. The van der Waals surface area contributed by atoms with Crippen molar-refractivity contribution in [2.75, 3.05) is 35.7 Å². The molecule has 2 aromatic carbocycles. The van der Waals surface area contributed by atoms with E-state index in [9.17, 15) is 0 Å². The monoisotopic (exact) mass is 229 g/mol. The molecule has 0 saturated carbocycles. The minimum absolute atomic E-state index is 0.587. The van der Waals surface area contributed by atoms with E-state index in [2.05, 4.69) is 10.4 Å². The number of nitrogens with one attached hydrogen (secondary N) is 1. The van der Waals surface area contributed by atoms with Gasteiger partial charge in [0.15, 0.2) is 0 Å². The van der Waals surface area contributed by atoms with Crippen molar-refractivity contribution in [3.8, 4) is 0 Å². The summed E-state index contributed by atoms with van der Waals surface area (Å²) in [7, 11) is 0. The maximum atomic E-state index is 6.13. The van der Waals surface area contributed by atoms with Gasteiger partial charge in [-0.05, 0) is 18.2 Å². The lowest BCUT2D eigenvalue weighted by Gasteiger charge is -2.13. The van der Waals surface area contributed by atoms with Crippen molar-refractivity contribution >= 4 is 33.5 Å². The van der Waals surface area contributed by atoms with Gasteiger partial charge in [-0.25, -0.2) is 5.01 Å². The van der Waals surface area contributed by atoms with Crippen LogP contribution in [0.1, 0.15) is 0 Å². The Morgan fingerprint density at radius 3 is 2.24 bits per heavy atom. The Morgan fingerprint density at radius 2 is 1.53 bits per heavy atom. The summed E-state index contributed by atoms with van der Waals surface area (Å²) in [5, 5.41) is 3.92. The zero-order valence-electron chi connectivity index (χ0n) is 9.40. The van der Waals surface area contributed by atoms with Gasteiger partial charge in [0.1, 0.15) is 0 Å². The van der Waals surface area contributed by atoms with Crippen molar-refractivity contribution in [1.29, 1.82) is 0 Å².